The van der Waals surface area contributed by atoms with Crippen LogP contribution in [0, 0.1) is 0 Å². The van der Waals surface area contributed by atoms with E-state index in [1.165, 1.54) is 9.75 Å². The van der Waals surface area contributed by atoms with Gasteiger partial charge in [-0.25, -0.2) is 0 Å². The molecule has 0 spiro atoms. The number of aryl methyl sites for hydroxylation is 1. The summed E-state index contributed by atoms with van der Waals surface area (Å²) in [6.07, 6.45) is 1.10. The highest BCUT2D eigenvalue weighted by Crippen LogP contribution is 2.21. The Labute approximate surface area is 108 Å². The topological polar surface area (TPSA) is 9.23 Å². The smallest absolute Gasteiger partial charge is 0.122 e. The molecule has 0 N–H and O–H groups in total. The van der Waals surface area contributed by atoms with E-state index in [9.17, 15) is 0 Å². The van der Waals surface area contributed by atoms with Crippen molar-refractivity contribution in [3.63, 3.8) is 0 Å². The number of thiophene rings is 1. The molecule has 0 radical (unpaired) electrons. The summed E-state index contributed by atoms with van der Waals surface area (Å²) in [6.45, 7) is 2.83. The zero-order valence-electron chi connectivity index (χ0n) is 9.07. The van der Waals surface area contributed by atoms with E-state index in [0.29, 0.717) is 6.61 Å². The van der Waals surface area contributed by atoms with E-state index in [-0.39, 0.29) is 0 Å². The van der Waals surface area contributed by atoms with Crippen molar-refractivity contribution in [3.05, 3.63) is 50.6 Å². The molecule has 0 saturated heterocycles. The second-order valence-corrected chi connectivity index (χ2v) is 5.63. The van der Waals surface area contributed by atoms with E-state index in [0.717, 1.165) is 16.6 Å². The summed E-state index contributed by atoms with van der Waals surface area (Å²) < 4.78 is 6.77. The normalized spacial score (nSPS) is 10.4. The van der Waals surface area contributed by atoms with Crippen LogP contribution in [0.2, 0.25) is 0 Å². The highest BCUT2D eigenvalue weighted by molar-refractivity contribution is 9.10. The van der Waals surface area contributed by atoms with Crippen molar-refractivity contribution in [2.24, 2.45) is 0 Å². The van der Waals surface area contributed by atoms with Crippen molar-refractivity contribution in [2.45, 2.75) is 20.0 Å². The van der Waals surface area contributed by atoms with Crippen molar-refractivity contribution < 1.29 is 4.74 Å². The number of rotatable bonds is 4. The number of ether oxygens (including phenoxy) is 1. The van der Waals surface area contributed by atoms with E-state index in [4.69, 9.17) is 4.74 Å². The molecule has 0 amide bonds. The van der Waals surface area contributed by atoms with Gasteiger partial charge in [-0.15, -0.1) is 11.3 Å². The zero-order chi connectivity index (χ0) is 11.4. The molecule has 0 aliphatic rings. The van der Waals surface area contributed by atoms with E-state index < -0.39 is 0 Å². The number of halogens is 1. The lowest BCUT2D eigenvalue weighted by atomic mass is 10.3. The van der Waals surface area contributed by atoms with Crippen molar-refractivity contribution >= 4 is 27.3 Å². The van der Waals surface area contributed by atoms with Crippen LogP contribution in [-0.4, -0.2) is 0 Å². The molecular formula is C13H13BrOS. The first kappa shape index (κ1) is 11.7. The molecule has 0 saturated carbocycles. The molecule has 0 aliphatic carbocycles. The predicted molar refractivity (Wildman–Crippen MR) is 72.2 cm³/mol. The molecule has 2 aromatic rings. The Balaban J connectivity index is 1.94. The monoisotopic (exact) mass is 296 g/mol. The number of hydrogen-bond acceptors (Lipinski definition) is 2. The third kappa shape index (κ3) is 3.09. The fraction of sp³-hybridized carbons (Fsp3) is 0.231. The van der Waals surface area contributed by atoms with Gasteiger partial charge < -0.3 is 4.74 Å². The van der Waals surface area contributed by atoms with Gasteiger partial charge in [0.15, 0.2) is 0 Å². The highest BCUT2D eigenvalue weighted by Gasteiger charge is 1.99. The van der Waals surface area contributed by atoms with Crippen molar-refractivity contribution in [3.8, 4) is 5.75 Å². The Kier molecular flexibility index (Phi) is 4.02. The van der Waals surface area contributed by atoms with Gasteiger partial charge in [-0.1, -0.05) is 22.9 Å². The molecule has 0 fully saturated rings. The van der Waals surface area contributed by atoms with Crippen LogP contribution in [0.15, 0.2) is 40.9 Å². The van der Waals surface area contributed by atoms with Crippen LogP contribution in [0.5, 0.6) is 5.75 Å². The van der Waals surface area contributed by atoms with Gasteiger partial charge in [0.25, 0.3) is 0 Å². The molecule has 2 rings (SSSR count). The van der Waals surface area contributed by atoms with Gasteiger partial charge in [-0.05, 0) is 42.8 Å². The first-order chi connectivity index (χ1) is 7.78. The molecule has 16 heavy (non-hydrogen) atoms. The average Bonchev–Trinajstić information content (AvgIpc) is 2.76. The molecule has 0 bridgehead atoms. The summed E-state index contributed by atoms with van der Waals surface area (Å²) in [4.78, 5) is 2.69. The maximum Gasteiger partial charge on any atom is 0.122 e. The predicted octanol–water partition coefficient (Wildman–Crippen LogP) is 4.65. The van der Waals surface area contributed by atoms with Gasteiger partial charge in [0.1, 0.15) is 12.4 Å². The lowest BCUT2D eigenvalue weighted by Crippen LogP contribution is -1.91. The van der Waals surface area contributed by atoms with Crippen LogP contribution >= 0.6 is 27.3 Å². The van der Waals surface area contributed by atoms with Gasteiger partial charge in [0, 0.05) is 14.2 Å². The Morgan fingerprint density at radius 2 is 1.75 bits per heavy atom. The third-order valence-corrected chi connectivity index (χ3v) is 3.99. The standard InChI is InChI=1S/C13H13BrOS/c1-2-12-7-8-13(16-12)9-15-11-5-3-10(14)4-6-11/h3-8H,2,9H2,1H3. The lowest BCUT2D eigenvalue weighted by Gasteiger charge is -2.04. The molecule has 1 heterocycles. The van der Waals surface area contributed by atoms with Crippen molar-refractivity contribution in [1.82, 2.24) is 0 Å². The Morgan fingerprint density at radius 1 is 1.06 bits per heavy atom. The SMILES string of the molecule is CCc1ccc(COc2ccc(Br)cc2)s1. The van der Waals surface area contributed by atoms with Gasteiger partial charge in [0.2, 0.25) is 0 Å². The number of benzene rings is 1. The largest absolute Gasteiger partial charge is 0.488 e. The van der Waals surface area contributed by atoms with Crippen LogP contribution in [0.1, 0.15) is 16.7 Å². The first-order valence-corrected chi connectivity index (χ1v) is 6.85. The van der Waals surface area contributed by atoms with E-state index in [1.54, 1.807) is 0 Å². The summed E-state index contributed by atoms with van der Waals surface area (Å²) in [7, 11) is 0. The first-order valence-electron chi connectivity index (χ1n) is 5.24. The molecule has 0 atom stereocenters. The van der Waals surface area contributed by atoms with Gasteiger partial charge in [0.05, 0.1) is 0 Å². The van der Waals surface area contributed by atoms with E-state index in [2.05, 4.69) is 35.0 Å². The second kappa shape index (κ2) is 5.51. The fourth-order valence-electron chi connectivity index (χ4n) is 1.38. The summed E-state index contributed by atoms with van der Waals surface area (Å²) in [6, 6.07) is 12.2. The fourth-order valence-corrected chi connectivity index (χ4v) is 2.51. The van der Waals surface area contributed by atoms with Gasteiger partial charge >= 0.3 is 0 Å². The molecule has 0 unspecified atom stereocenters. The molecule has 0 aliphatic heterocycles. The van der Waals surface area contributed by atoms with Crippen LogP contribution < -0.4 is 4.74 Å². The molecular weight excluding hydrogens is 284 g/mol. The van der Waals surface area contributed by atoms with Crippen molar-refractivity contribution in [2.75, 3.05) is 0 Å². The maximum atomic E-state index is 5.69. The van der Waals surface area contributed by atoms with Crippen LogP contribution in [0.4, 0.5) is 0 Å². The highest BCUT2D eigenvalue weighted by atomic mass is 79.9. The third-order valence-electron chi connectivity index (χ3n) is 2.26. The van der Waals surface area contributed by atoms with Crippen LogP contribution in [-0.2, 0) is 13.0 Å². The van der Waals surface area contributed by atoms with Crippen LogP contribution in [0.25, 0.3) is 0 Å². The minimum atomic E-state index is 0.659. The second-order valence-electron chi connectivity index (χ2n) is 3.46. The lowest BCUT2D eigenvalue weighted by molar-refractivity contribution is 0.310. The summed E-state index contributed by atoms with van der Waals surface area (Å²) in [5.41, 5.74) is 0. The molecule has 84 valence electrons. The summed E-state index contributed by atoms with van der Waals surface area (Å²) in [5, 5.41) is 0. The Bertz CT molecular complexity index is 447. The minimum absolute atomic E-state index is 0.659. The van der Waals surface area contributed by atoms with Crippen molar-refractivity contribution in [1.29, 1.82) is 0 Å². The van der Waals surface area contributed by atoms with Gasteiger partial charge in [-0.3, -0.25) is 0 Å². The minimum Gasteiger partial charge on any atom is -0.488 e. The molecule has 1 aromatic carbocycles. The Hall–Kier alpha value is -0.800. The van der Waals surface area contributed by atoms with Gasteiger partial charge in [-0.2, -0.15) is 0 Å². The molecule has 3 heteroatoms. The zero-order valence-corrected chi connectivity index (χ0v) is 11.5. The molecule has 1 nitrogen and oxygen atoms in total. The van der Waals surface area contributed by atoms with Crippen LogP contribution in [0.3, 0.4) is 0 Å². The average molecular weight is 297 g/mol. The maximum absolute atomic E-state index is 5.69. The molecule has 1 aromatic heterocycles. The van der Waals surface area contributed by atoms with E-state index >= 15 is 0 Å². The summed E-state index contributed by atoms with van der Waals surface area (Å²) in [5.74, 6) is 0.912. The van der Waals surface area contributed by atoms with E-state index in [1.807, 2.05) is 35.6 Å². The number of hydrogen-bond donors (Lipinski definition) is 0. The Morgan fingerprint density at radius 3 is 2.38 bits per heavy atom. The quantitative estimate of drug-likeness (QED) is 0.798. The summed E-state index contributed by atoms with van der Waals surface area (Å²) >= 11 is 5.22.